The summed E-state index contributed by atoms with van der Waals surface area (Å²) in [6.45, 7) is 5.88. The van der Waals surface area contributed by atoms with Crippen LogP contribution in [0.1, 0.15) is 24.0 Å². The van der Waals surface area contributed by atoms with Crippen molar-refractivity contribution in [3.05, 3.63) is 77.9 Å². The second-order valence-electron chi connectivity index (χ2n) is 8.43. The smallest absolute Gasteiger partial charge is 0.222 e. The number of carbonyl (C=O) groups excluding carboxylic acids is 1. The van der Waals surface area contributed by atoms with Crippen LogP contribution in [0.3, 0.4) is 0 Å². The van der Waals surface area contributed by atoms with E-state index in [1.54, 1.807) is 7.11 Å². The highest BCUT2D eigenvalue weighted by atomic mass is 16.5. The molecule has 0 unspecified atom stereocenters. The number of benzene rings is 3. The van der Waals surface area contributed by atoms with Gasteiger partial charge in [-0.15, -0.1) is 0 Å². The van der Waals surface area contributed by atoms with Crippen molar-refractivity contribution in [2.45, 2.75) is 25.9 Å². The number of amides is 1. The summed E-state index contributed by atoms with van der Waals surface area (Å²) in [7, 11) is 1.67. The predicted molar refractivity (Wildman–Crippen MR) is 130 cm³/mol. The third-order valence-electron chi connectivity index (χ3n) is 6.16. The van der Waals surface area contributed by atoms with E-state index in [0.717, 1.165) is 57.0 Å². The quantitative estimate of drug-likeness (QED) is 0.662. The Labute approximate surface area is 191 Å². The van der Waals surface area contributed by atoms with Crippen LogP contribution >= 0.6 is 0 Å². The molecule has 0 atom stereocenters. The zero-order valence-corrected chi connectivity index (χ0v) is 18.9. The Kier molecular flexibility index (Phi) is 7.75. The first-order valence-electron chi connectivity index (χ1n) is 11.5. The summed E-state index contributed by atoms with van der Waals surface area (Å²) in [4.78, 5) is 17.4. The number of methoxy groups -OCH3 is 1. The molecular formula is C27H33N3O2. The van der Waals surface area contributed by atoms with Crippen LogP contribution in [0.15, 0.2) is 66.7 Å². The second kappa shape index (κ2) is 11.1. The maximum atomic E-state index is 13.0. The molecule has 0 aromatic heterocycles. The number of carbonyl (C=O) groups is 1. The van der Waals surface area contributed by atoms with Gasteiger partial charge in [0.05, 0.1) is 7.11 Å². The van der Waals surface area contributed by atoms with Gasteiger partial charge >= 0.3 is 0 Å². The Morgan fingerprint density at radius 2 is 1.72 bits per heavy atom. The van der Waals surface area contributed by atoms with E-state index in [0.29, 0.717) is 13.0 Å². The number of hydrogen-bond donors (Lipinski definition) is 1. The molecule has 0 bridgehead atoms. The molecule has 0 radical (unpaired) electrons. The first-order valence-corrected chi connectivity index (χ1v) is 11.5. The van der Waals surface area contributed by atoms with Gasteiger partial charge in [0.2, 0.25) is 5.91 Å². The molecular weight excluding hydrogens is 398 g/mol. The van der Waals surface area contributed by atoms with E-state index < -0.39 is 0 Å². The summed E-state index contributed by atoms with van der Waals surface area (Å²) in [5.41, 5.74) is 2.45. The molecule has 4 rings (SSSR count). The minimum absolute atomic E-state index is 0.224. The Bertz CT molecular complexity index is 1030. The highest BCUT2D eigenvalue weighted by molar-refractivity contribution is 5.85. The zero-order valence-electron chi connectivity index (χ0n) is 18.9. The van der Waals surface area contributed by atoms with Crippen molar-refractivity contribution >= 4 is 16.7 Å². The fourth-order valence-electron chi connectivity index (χ4n) is 4.41. The first-order chi connectivity index (χ1) is 15.7. The van der Waals surface area contributed by atoms with E-state index in [1.807, 2.05) is 23.1 Å². The largest absolute Gasteiger partial charge is 0.497 e. The predicted octanol–water partition coefficient (Wildman–Crippen LogP) is 4.06. The van der Waals surface area contributed by atoms with Gasteiger partial charge in [-0.1, -0.05) is 54.6 Å². The van der Waals surface area contributed by atoms with E-state index in [9.17, 15) is 4.79 Å². The molecule has 168 valence electrons. The maximum absolute atomic E-state index is 13.0. The molecule has 1 N–H and O–H groups in total. The average molecular weight is 432 g/mol. The van der Waals surface area contributed by atoms with Crippen LogP contribution in [0, 0.1) is 0 Å². The molecule has 0 spiro atoms. The van der Waals surface area contributed by atoms with Crippen molar-refractivity contribution in [1.82, 2.24) is 15.1 Å². The van der Waals surface area contributed by atoms with Gasteiger partial charge in [-0.25, -0.2) is 0 Å². The van der Waals surface area contributed by atoms with Crippen LogP contribution in [-0.4, -0.2) is 55.5 Å². The van der Waals surface area contributed by atoms with Crippen molar-refractivity contribution in [2.24, 2.45) is 0 Å². The van der Waals surface area contributed by atoms with Gasteiger partial charge in [0.1, 0.15) is 5.75 Å². The molecule has 5 heteroatoms. The summed E-state index contributed by atoms with van der Waals surface area (Å²) < 4.78 is 5.33. The highest BCUT2D eigenvalue weighted by Crippen LogP contribution is 2.20. The molecule has 5 nitrogen and oxygen atoms in total. The van der Waals surface area contributed by atoms with Gasteiger partial charge in [0, 0.05) is 45.7 Å². The molecule has 1 aliphatic heterocycles. The maximum Gasteiger partial charge on any atom is 0.222 e. The first kappa shape index (κ1) is 22.3. The van der Waals surface area contributed by atoms with Gasteiger partial charge in [-0.3, -0.25) is 9.69 Å². The van der Waals surface area contributed by atoms with Crippen LogP contribution in [0.4, 0.5) is 0 Å². The lowest BCUT2D eigenvalue weighted by Gasteiger charge is -2.23. The molecule has 1 saturated heterocycles. The number of ether oxygens (including phenoxy) is 1. The SMILES string of the molecule is COc1cccc(CN2CCNCCN(Cc3cccc4ccccc34)CCCC2=O)c1. The van der Waals surface area contributed by atoms with E-state index in [2.05, 4.69) is 58.7 Å². The number of nitrogens with one attached hydrogen (secondary N) is 1. The molecule has 1 amide bonds. The fourth-order valence-corrected chi connectivity index (χ4v) is 4.41. The van der Waals surface area contributed by atoms with E-state index in [4.69, 9.17) is 4.74 Å². The fraction of sp³-hybridized carbons (Fsp3) is 0.370. The number of nitrogens with zero attached hydrogens (tertiary/aromatic N) is 2. The lowest BCUT2D eigenvalue weighted by Crippen LogP contribution is -2.37. The van der Waals surface area contributed by atoms with Gasteiger partial charge in [0.15, 0.2) is 0 Å². The van der Waals surface area contributed by atoms with Crippen molar-refractivity contribution in [3.63, 3.8) is 0 Å². The zero-order chi connectivity index (χ0) is 22.2. The Morgan fingerprint density at radius 1 is 0.906 bits per heavy atom. The molecule has 3 aromatic rings. The second-order valence-corrected chi connectivity index (χ2v) is 8.43. The molecule has 3 aromatic carbocycles. The van der Waals surface area contributed by atoms with Gasteiger partial charge < -0.3 is 15.0 Å². The van der Waals surface area contributed by atoms with E-state index >= 15 is 0 Å². The van der Waals surface area contributed by atoms with E-state index in [-0.39, 0.29) is 5.91 Å². The average Bonchev–Trinajstić information content (AvgIpc) is 2.86. The summed E-state index contributed by atoms with van der Waals surface area (Å²) in [6.07, 6.45) is 1.45. The van der Waals surface area contributed by atoms with Crippen LogP contribution in [0.2, 0.25) is 0 Å². The molecule has 1 aliphatic rings. The lowest BCUT2D eigenvalue weighted by atomic mass is 10.0. The van der Waals surface area contributed by atoms with Gasteiger partial charge in [-0.2, -0.15) is 0 Å². The van der Waals surface area contributed by atoms with Crippen molar-refractivity contribution in [2.75, 3.05) is 39.8 Å². The van der Waals surface area contributed by atoms with Crippen LogP contribution < -0.4 is 10.1 Å². The number of rotatable bonds is 5. The van der Waals surface area contributed by atoms with Crippen LogP contribution in [0.5, 0.6) is 5.75 Å². The summed E-state index contributed by atoms with van der Waals surface area (Å²) in [5, 5.41) is 6.13. The van der Waals surface area contributed by atoms with Crippen molar-refractivity contribution in [1.29, 1.82) is 0 Å². The van der Waals surface area contributed by atoms with Crippen LogP contribution in [0.25, 0.3) is 10.8 Å². The number of hydrogen-bond acceptors (Lipinski definition) is 4. The van der Waals surface area contributed by atoms with Crippen molar-refractivity contribution in [3.8, 4) is 5.75 Å². The number of fused-ring (bicyclic) bond motifs is 1. The molecule has 0 aliphatic carbocycles. The third kappa shape index (κ3) is 5.87. The minimum atomic E-state index is 0.224. The van der Waals surface area contributed by atoms with Crippen molar-refractivity contribution < 1.29 is 9.53 Å². The minimum Gasteiger partial charge on any atom is -0.497 e. The Hall–Kier alpha value is -2.89. The lowest BCUT2D eigenvalue weighted by molar-refractivity contribution is -0.131. The molecule has 1 fully saturated rings. The third-order valence-corrected chi connectivity index (χ3v) is 6.16. The van der Waals surface area contributed by atoms with Gasteiger partial charge in [-0.05, 0) is 47.0 Å². The topological polar surface area (TPSA) is 44.8 Å². The summed E-state index contributed by atoms with van der Waals surface area (Å²) in [5.74, 6) is 1.05. The monoisotopic (exact) mass is 431 g/mol. The Morgan fingerprint density at radius 3 is 2.62 bits per heavy atom. The Balaban J connectivity index is 1.39. The summed E-state index contributed by atoms with van der Waals surface area (Å²) in [6, 6.07) is 23.1. The molecule has 1 heterocycles. The van der Waals surface area contributed by atoms with Gasteiger partial charge in [0.25, 0.3) is 0 Å². The molecule has 32 heavy (non-hydrogen) atoms. The standard InChI is InChI=1S/C27H33N3O2/c1-32-25-11-4-7-22(19-25)20-30-18-15-28-14-17-29(16-6-13-27(30)31)21-24-10-5-9-23-8-2-3-12-26(23)24/h2-5,7-12,19,28H,6,13-18,20-21H2,1H3. The molecule has 0 saturated carbocycles. The van der Waals surface area contributed by atoms with Crippen LogP contribution in [-0.2, 0) is 17.9 Å². The summed E-state index contributed by atoms with van der Waals surface area (Å²) >= 11 is 0. The normalized spacial score (nSPS) is 16.7. The highest BCUT2D eigenvalue weighted by Gasteiger charge is 2.17. The van der Waals surface area contributed by atoms with E-state index in [1.165, 1.54) is 16.3 Å².